The first-order valence-electron chi connectivity index (χ1n) is 5.63. The van der Waals surface area contributed by atoms with Crippen LogP contribution in [0.25, 0.3) is 0 Å². The third-order valence-electron chi connectivity index (χ3n) is 2.28. The van der Waals surface area contributed by atoms with E-state index in [0.717, 1.165) is 24.6 Å². The molecule has 1 aromatic rings. The van der Waals surface area contributed by atoms with Crippen LogP contribution < -0.4 is 4.74 Å². The van der Waals surface area contributed by atoms with Crippen molar-refractivity contribution >= 4 is 17.3 Å². The second kappa shape index (κ2) is 6.01. The number of fused-ring (bicyclic) bond motifs is 1. The Bertz CT molecular complexity index is 360. The van der Waals surface area contributed by atoms with Crippen LogP contribution in [0.5, 0.6) is 5.06 Å². The highest BCUT2D eigenvalue weighted by Crippen LogP contribution is 2.32. The van der Waals surface area contributed by atoms with Crippen LogP contribution in [0.4, 0.5) is 0 Å². The lowest BCUT2D eigenvalue weighted by atomic mass is 10.1. The zero-order valence-corrected chi connectivity index (χ0v) is 11.2. The molecule has 0 aliphatic carbocycles. The van der Waals surface area contributed by atoms with Crippen LogP contribution in [0.3, 0.4) is 0 Å². The first-order valence-corrected chi connectivity index (χ1v) is 6.45. The normalized spacial score (nSPS) is 14.8. The van der Waals surface area contributed by atoms with Gasteiger partial charge in [-0.25, -0.2) is 0 Å². The van der Waals surface area contributed by atoms with Crippen LogP contribution in [0.2, 0.25) is 0 Å². The standard InChI is InChI=1S/C10H13NO2S.C2H6/c1-7(12)13-10-5-8-6-11(2)4-3-9(8)14-10;1-2/h5H,3-4,6H2,1-2H3;1-2H3. The molecule has 4 heteroatoms. The molecule has 0 saturated heterocycles. The van der Waals surface area contributed by atoms with Crippen molar-refractivity contribution in [2.24, 2.45) is 0 Å². The highest BCUT2D eigenvalue weighted by molar-refractivity contribution is 7.14. The quantitative estimate of drug-likeness (QED) is 0.708. The average molecular weight is 241 g/mol. The highest BCUT2D eigenvalue weighted by atomic mass is 32.1. The summed E-state index contributed by atoms with van der Waals surface area (Å²) in [5.74, 6) is -0.239. The number of hydrogen-bond acceptors (Lipinski definition) is 4. The molecule has 0 bridgehead atoms. The molecular formula is C12H19NO2S. The van der Waals surface area contributed by atoms with E-state index in [1.165, 1.54) is 17.4 Å². The van der Waals surface area contributed by atoms with Gasteiger partial charge in [-0.15, -0.1) is 11.3 Å². The van der Waals surface area contributed by atoms with Crippen molar-refractivity contribution in [2.45, 2.75) is 33.7 Å². The molecule has 0 saturated carbocycles. The van der Waals surface area contributed by atoms with E-state index in [0.29, 0.717) is 0 Å². The predicted molar refractivity (Wildman–Crippen MR) is 67.0 cm³/mol. The van der Waals surface area contributed by atoms with Gasteiger partial charge in [0.25, 0.3) is 0 Å². The van der Waals surface area contributed by atoms with E-state index in [2.05, 4.69) is 11.9 Å². The minimum atomic E-state index is -0.239. The summed E-state index contributed by atoms with van der Waals surface area (Å²) < 4.78 is 5.06. The van der Waals surface area contributed by atoms with Crippen LogP contribution in [0.1, 0.15) is 31.2 Å². The summed E-state index contributed by atoms with van der Waals surface area (Å²) >= 11 is 1.60. The number of likely N-dealkylation sites (N-methyl/N-ethyl adjacent to an activating group) is 1. The number of hydrogen-bond donors (Lipinski definition) is 0. The molecule has 0 amide bonds. The zero-order chi connectivity index (χ0) is 12.1. The van der Waals surface area contributed by atoms with E-state index in [4.69, 9.17) is 4.74 Å². The zero-order valence-electron chi connectivity index (χ0n) is 10.4. The Kier molecular flexibility index (Phi) is 4.96. The van der Waals surface area contributed by atoms with Gasteiger partial charge in [0.15, 0.2) is 5.06 Å². The van der Waals surface area contributed by atoms with Gasteiger partial charge < -0.3 is 9.64 Å². The smallest absolute Gasteiger partial charge is 0.308 e. The van der Waals surface area contributed by atoms with Gasteiger partial charge in [-0.1, -0.05) is 13.8 Å². The Balaban J connectivity index is 0.000000606. The van der Waals surface area contributed by atoms with Crippen molar-refractivity contribution in [1.29, 1.82) is 0 Å². The first kappa shape index (κ1) is 13.2. The number of ether oxygens (including phenoxy) is 1. The molecular weight excluding hydrogens is 222 g/mol. The van der Waals surface area contributed by atoms with E-state index in [1.807, 2.05) is 19.9 Å². The maximum Gasteiger partial charge on any atom is 0.308 e. The molecule has 0 radical (unpaired) electrons. The minimum Gasteiger partial charge on any atom is -0.416 e. The molecule has 0 N–H and O–H groups in total. The van der Waals surface area contributed by atoms with E-state index in [9.17, 15) is 4.79 Å². The molecule has 0 aromatic carbocycles. The summed E-state index contributed by atoms with van der Waals surface area (Å²) in [6.07, 6.45) is 1.07. The lowest BCUT2D eigenvalue weighted by Crippen LogP contribution is -2.25. The van der Waals surface area contributed by atoms with Gasteiger partial charge in [-0.2, -0.15) is 0 Å². The van der Waals surface area contributed by atoms with Crippen molar-refractivity contribution in [3.63, 3.8) is 0 Å². The number of carbonyl (C=O) groups excluding carboxylic acids is 1. The lowest BCUT2D eigenvalue weighted by molar-refractivity contribution is -0.131. The summed E-state index contributed by atoms with van der Waals surface area (Å²) in [5, 5.41) is 0.734. The summed E-state index contributed by atoms with van der Waals surface area (Å²) in [4.78, 5) is 14.4. The Labute approximate surface area is 101 Å². The largest absolute Gasteiger partial charge is 0.416 e. The Morgan fingerprint density at radius 1 is 1.50 bits per heavy atom. The summed E-state index contributed by atoms with van der Waals surface area (Å²) in [5.41, 5.74) is 1.31. The molecule has 90 valence electrons. The van der Waals surface area contributed by atoms with E-state index in [1.54, 1.807) is 11.3 Å². The molecule has 1 aliphatic rings. The predicted octanol–water partition coefficient (Wildman–Crippen LogP) is 2.69. The van der Waals surface area contributed by atoms with Crippen molar-refractivity contribution in [3.8, 4) is 5.06 Å². The SMILES string of the molecule is CC.CC(=O)Oc1cc2c(s1)CCN(C)C2. The van der Waals surface area contributed by atoms with E-state index in [-0.39, 0.29) is 5.97 Å². The number of carbonyl (C=O) groups is 1. The van der Waals surface area contributed by atoms with Crippen LogP contribution in [-0.2, 0) is 17.8 Å². The van der Waals surface area contributed by atoms with Crippen molar-refractivity contribution in [3.05, 3.63) is 16.5 Å². The van der Waals surface area contributed by atoms with Crippen molar-refractivity contribution in [2.75, 3.05) is 13.6 Å². The fourth-order valence-electron chi connectivity index (χ4n) is 1.64. The molecule has 2 heterocycles. The summed E-state index contributed by atoms with van der Waals surface area (Å²) in [6, 6.07) is 1.98. The molecule has 16 heavy (non-hydrogen) atoms. The molecule has 3 nitrogen and oxygen atoms in total. The fraction of sp³-hybridized carbons (Fsp3) is 0.583. The molecule has 0 spiro atoms. The number of esters is 1. The third kappa shape index (κ3) is 3.32. The minimum absolute atomic E-state index is 0.239. The van der Waals surface area contributed by atoms with Crippen LogP contribution in [-0.4, -0.2) is 24.5 Å². The van der Waals surface area contributed by atoms with Crippen molar-refractivity contribution in [1.82, 2.24) is 4.90 Å². The third-order valence-corrected chi connectivity index (χ3v) is 3.39. The first-order chi connectivity index (χ1) is 7.65. The average Bonchev–Trinajstić information content (AvgIpc) is 2.61. The van der Waals surface area contributed by atoms with Gasteiger partial charge in [-0.3, -0.25) is 4.79 Å². The van der Waals surface area contributed by atoms with Crippen LogP contribution >= 0.6 is 11.3 Å². The molecule has 1 aromatic heterocycles. The van der Waals surface area contributed by atoms with Gasteiger partial charge in [0.1, 0.15) is 0 Å². The number of rotatable bonds is 1. The van der Waals surface area contributed by atoms with Gasteiger partial charge in [0, 0.05) is 24.9 Å². The molecule has 0 atom stereocenters. The molecule has 2 rings (SSSR count). The Morgan fingerprint density at radius 2 is 2.19 bits per heavy atom. The van der Waals surface area contributed by atoms with Gasteiger partial charge in [0.05, 0.1) is 0 Å². The van der Waals surface area contributed by atoms with E-state index < -0.39 is 0 Å². The summed E-state index contributed by atoms with van der Waals surface area (Å²) in [7, 11) is 2.10. The van der Waals surface area contributed by atoms with Gasteiger partial charge in [-0.05, 0) is 25.1 Å². The molecule has 0 fully saturated rings. The van der Waals surface area contributed by atoms with E-state index >= 15 is 0 Å². The Morgan fingerprint density at radius 3 is 2.81 bits per heavy atom. The number of thiophene rings is 1. The number of nitrogens with zero attached hydrogens (tertiary/aromatic N) is 1. The summed E-state index contributed by atoms with van der Waals surface area (Å²) in [6.45, 7) is 7.49. The van der Waals surface area contributed by atoms with Gasteiger partial charge in [0.2, 0.25) is 0 Å². The van der Waals surface area contributed by atoms with Crippen LogP contribution in [0, 0.1) is 0 Å². The second-order valence-corrected chi connectivity index (χ2v) is 4.69. The molecule has 1 aliphatic heterocycles. The maximum atomic E-state index is 10.8. The lowest BCUT2D eigenvalue weighted by Gasteiger charge is -2.21. The second-order valence-electron chi connectivity index (χ2n) is 3.60. The van der Waals surface area contributed by atoms with Crippen LogP contribution in [0.15, 0.2) is 6.07 Å². The fourth-order valence-corrected chi connectivity index (χ4v) is 2.69. The monoisotopic (exact) mass is 241 g/mol. The van der Waals surface area contributed by atoms with Gasteiger partial charge >= 0.3 is 5.97 Å². The van der Waals surface area contributed by atoms with Crippen molar-refractivity contribution < 1.29 is 9.53 Å². The Hall–Kier alpha value is -0.870. The highest BCUT2D eigenvalue weighted by Gasteiger charge is 2.17. The topological polar surface area (TPSA) is 29.5 Å². The maximum absolute atomic E-state index is 10.8. The molecule has 0 unspecified atom stereocenters.